The van der Waals surface area contributed by atoms with Crippen molar-refractivity contribution in [3.05, 3.63) is 35.6 Å². The Morgan fingerprint density at radius 2 is 1.81 bits per heavy atom. The van der Waals surface area contributed by atoms with E-state index in [0.29, 0.717) is 6.04 Å². The lowest BCUT2D eigenvalue weighted by Crippen LogP contribution is -2.28. The van der Waals surface area contributed by atoms with Gasteiger partial charge in [-0.15, -0.1) is 0 Å². The van der Waals surface area contributed by atoms with Crippen molar-refractivity contribution in [2.45, 2.75) is 52.1 Å². The monoisotopic (exact) mass is 223 g/mol. The smallest absolute Gasteiger partial charge is 0.123 e. The van der Waals surface area contributed by atoms with Crippen LogP contribution in [0.2, 0.25) is 0 Å². The molecule has 0 saturated carbocycles. The predicted octanol–water partition coefficient (Wildman–Crippen LogP) is 4.06. The van der Waals surface area contributed by atoms with Crippen LogP contribution in [0.1, 0.15) is 51.6 Å². The van der Waals surface area contributed by atoms with Gasteiger partial charge in [0.25, 0.3) is 0 Å². The first kappa shape index (κ1) is 13.2. The third kappa shape index (κ3) is 4.31. The van der Waals surface area contributed by atoms with Gasteiger partial charge in [-0.1, -0.05) is 31.9 Å². The average molecular weight is 223 g/mol. The SMILES string of the molecule is CCCCC(C)N[C@@H](C)c1ccc(F)cc1. The summed E-state index contributed by atoms with van der Waals surface area (Å²) in [6.45, 7) is 6.53. The molecule has 1 aromatic carbocycles. The number of hydrogen-bond acceptors (Lipinski definition) is 1. The zero-order chi connectivity index (χ0) is 12.0. The third-order valence-electron chi connectivity index (χ3n) is 2.90. The Kier molecular flexibility index (Phi) is 5.47. The normalized spacial score (nSPS) is 14.8. The summed E-state index contributed by atoms with van der Waals surface area (Å²) in [5.74, 6) is -0.171. The minimum absolute atomic E-state index is 0.171. The van der Waals surface area contributed by atoms with E-state index in [4.69, 9.17) is 0 Å². The van der Waals surface area contributed by atoms with Gasteiger partial charge >= 0.3 is 0 Å². The highest BCUT2D eigenvalue weighted by Crippen LogP contribution is 2.14. The number of rotatable bonds is 6. The summed E-state index contributed by atoms with van der Waals surface area (Å²) in [4.78, 5) is 0. The Balaban J connectivity index is 2.45. The molecule has 0 amide bonds. The fourth-order valence-corrected chi connectivity index (χ4v) is 1.87. The third-order valence-corrected chi connectivity index (χ3v) is 2.90. The molecule has 90 valence electrons. The maximum Gasteiger partial charge on any atom is 0.123 e. The molecule has 0 bridgehead atoms. The van der Waals surface area contributed by atoms with Crippen LogP contribution in [0, 0.1) is 5.82 Å². The highest BCUT2D eigenvalue weighted by atomic mass is 19.1. The molecule has 0 radical (unpaired) electrons. The van der Waals surface area contributed by atoms with Gasteiger partial charge < -0.3 is 5.32 Å². The van der Waals surface area contributed by atoms with Gasteiger partial charge in [-0.2, -0.15) is 0 Å². The fraction of sp³-hybridized carbons (Fsp3) is 0.571. The summed E-state index contributed by atoms with van der Waals surface area (Å²) in [5, 5.41) is 3.53. The zero-order valence-corrected chi connectivity index (χ0v) is 10.5. The Morgan fingerprint density at radius 3 is 2.38 bits per heavy atom. The van der Waals surface area contributed by atoms with Crippen LogP contribution in [-0.2, 0) is 0 Å². The zero-order valence-electron chi connectivity index (χ0n) is 10.5. The molecule has 0 fully saturated rings. The number of benzene rings is 1. The maximum absolute atomic E-state index is 12.8. The molecule has 1 N–H and O–H groups in total. The molecular weight excluding hydrogens is 201 g/mol. The standard InChI is InChI=1S/C14H22FN/c1-4-5-6-11(2)16-12(3)13-7-9-14(15)10-8-13/h7-12,16H,4-6H2,1-3H3/t11?,12-/m0/s1. The van der Waals surface area contributed by atoms with Crippen LogP contribution in [0.3, 0.4) is 0 Å². The van der Waals surface area contributed by atoms with Gasteiger partial charge in [0.1, 0.15) is 5.82 Å². The maximum atomic E-state index is 12.8. The van der Waals surface area contributed by atoms with Gasteiger partial charge in [-0.25, -0.2) is 4.39 Å². The summed E-state index contributed by atoms with van der Waals surface area (Å²) in [7, 11) is 0. The van der Waals surface area contributed by atoms with Crippen LogP contribution in [-0.4, -0.2) is 6.04 Å². The molecule has 1 nitrogen and oxygen atoms in total. The van der Waals surface area contributed by atoms with Gasteiger partial charge in [0.2, 0.25) is 0 Å². The first-order chi connectivity index (χ1) is 7.63. The van der Waals surface area contributed by atoms with Crippen LogP contribution in [0.25, 0.3) is 0 Å². The molecule has 16 heavy (non-hydrogen) atoms. The number of nitrogens with one attached hydrogen (secondary N) is 1. The molecule has 0 aliphatic carbocycles. The van der Waals surface area contributed by atoms with E-state index in [9.17, 15) is 4.39 Å². The largest absolute Gasteiger partial charge is 0.308 e. The quantitative estimate of drug-likeness (QED) is 0.767. The number of hydrogen-bond donors (Lipinski definition) is 1. The summed E-state index contributed by atoms with van der Waals surface area (Å²) in [5.41, 5.74) is 1.14. The lowest BCUT2D eigenvalue weighted by atomic mass is 10.1. The van der Waals surface area contributed by atoms with Gasteiger partial charge in [0.05, 0.1) is 0 Å². The molecule has 0 aliphatic heterocycles. The van der Waals surface area contributed by atoms with E-state index in [0.717, 1.165) is 5.56 Å². The Labute approximate surface area is 98.1 Å². The molecule has 0 heterocycles. The molecule has 1 aromatic rings. The van der Waals surface area contributed by atoms with E-state index in [-0.39, 0.29) is 11.9 Å². The van der Waals surface area contributed by atoms with E-state index in [2.05, 4.69) is 26.1 Å². The van der Waals surface area contributed by atoms with Crippen LogP contribution in [0.5, 0.6) is 0 Å². The molecule has 0 aromatic heterocycles. The van der Waals surface area contributed by atoms with Crippen LogP contribution < -0.4 is 5.32 Å². The summed E-state index contributed by atoms with van der Waals surface area (Å²) >= 11 is 0. The lowest BCUT2D eigenvalue weighted by molar-refractivity contribution is 0.444. The topological polar surface area (TPSA) is 12.0 Å². The van der Waals surface area contributed by atoms with Crippen molar-refractivity contribution < 1.29 is 4.39 Å². The predicted molar refractivity (Wildman–Crippen MR) is 66.9 cm³/mol. The summed E-state index contributed by atoms with van der Waals surface area (Å²) in [6, 6.07) is 7.53. The van der Waals surface area contributed by atoms with E-state index in [1.807, 2.05) is 12.1 Å². The minimum Gasteiger partial charge on any atom is -0.308 e. The second-order valence-corrected chi connectivity index (χ2v) is 4.48. The molecule has 0 spiro atoms. The Bertz CT molecular complexity index is 294. The summed E-state index contributed by atoms with van der Waals surface area (Å²) in [6.07, 6.45) is 3.68. The van der Waals surface area contributed by atoms with Crippen LogP contribution >= 0.6 is 0 Å². The molecule has 0 saturated heterocycles. The molecule has 1 unspecified atom stereocenters. The van der Waals surface area contributed by atoms with Gasteiger partial charge in [0.15, 0.2) is 0 Å². The van der Waals surface area contributed by atoms with Crippen molar-refractivity contribution in [2.24, 2.45) is 0 Å². The van der Waals surface area contributed by atoms with Crippen molar-refractivity contribution in [3.8, 4) is 0 Å². The second-order valence-electron chi connectivity index (χ2n) is 4.48. The van der Waals surface area contributed by atoms with Gasteiger partial charge in [0, 0.05) is 12.1 Å². The van der Waals surface area contributed by atoms with Gasteiger partial charge in [-0.3, -0.25) is 0 Å². The van der Waals surface area contributed by atoms with E-state index < -0.39 is 0 Å². The molecule has 2 atom stereocenters. The van der Waals surface area contributed by atoms with Crippen LogP contribution in [0.4, 0.5) is 4.39 Å². The summed E-state index contributed by atoms with van der Waals surface area (Å²) < 4.78 is 12.8. The van der Waals surface area contributed by atoms with Crippen molar-refractivity contribution in [3.63, 3.8) is 0 Å². The number of unbranched alkanes of at least 4 members (excludes halogenated alkanes) is 1. The van der Waals surface area contributed by atoms with Crippen molar-refractivity contribution in [1.82, 2.24) is 5.32 Å². The van der Waals surface area contributed by atoms with E-state index in [1.54, 1.807) is 0 Å². The Hall–Kier alpha value is -0.890. The van der Waals surface area contributed by atoms with E-state index >= 15 is 0 Å². The lowest BCUT2D eigenvalue weighted by Gasteiger charge is -2.20. The molecule has 0 aliphatic rings. The molecule has 2 heteroatoms. The Morgan fingerprint density at radius 1 is 1.19 bits per heavy atom. The average Bonchev–Trinajstić information content (AvgIpc) is 2.27. The minimum atomic E-state index is -0.171. The van der Waals surface area contributed by atoms with Crippen LogP contribution in [0.15, 0.2) is 24.3 Å². The first-order valence-corrected chi connectivity index (χ1v) is 6.15. The van der Waals surface area contributed by atoms with Crippen molar-refractivity contribution in [1.29, 1.82) is 0 Å². The van der Waals surface area contributed by atoms with Crippen molar-refractivity contribution >= 4 is 0 Å². The highest BCUT2D eigenvalue weighted by Gasteiger charge is 2.08. The van der Waals surface area contributed by atoms with Gasteiger partial charge in [-0.05, 0) is 38.0 Å². The van der Waals surface area contributed by atoms with E-state index in [1.165, 1.54) is 31.4 Å². The number of halogens is 1. The highest BCUT2D eigenvalue weighted by molar-refractivity contribution is 5.19. The first-order valence-electron chi connectivity index (χ1n) is 6.15. The molecular formula is C14H22FN. The molecule has 1 rings (SSSR count). The second kappa shape index (κ2) is 6.64. The van der Waals surface area contributed by atoms with Crippen molar-refractivity contribution in [2.75, 3.05) is 0 Å². The fourth-order valence-electron chi connectivity index (χ4n) is 1.87.